The predicted molar refractivity (Wildman–Crippen MR) is 59.4 cm³/mol. The van der Waals surface area contributed by atoms with Crippen molar-refractivity contribution in [3.8, 4) is 5.75 Å². The molecule has 0 unspecified atom stereocenters. The van der Waals surface area contributed by atoms with E-state index in [9.17, 15) is 14.7 Å². The highest BCUT2D eigenvalue weighted by Gasteiger charge is 2.18. The van der Waals surface area contributed by atoms with Crippen LogP contribution in [0.25, 0.3) is 0 Å². The monoisotopic (exact) mass is 258 g/mol. The summed E-state index contributed by atoms with van der Waals surface area (Å²) in [6.07, 6.45) is -1.16. The molecule has 0 bridgehead atoms. The highest BCUT2D eigenvalue weighted by molar-refractivity contribution is 6.32. The SMILES string of the molecule is CC(=O)OC(OC(C)=O)c1ccc(O)c(Cl)c1. The molecule has 1 rings (SSSR count). The van der Waals surface area contributed by atoms with Crippen LogP contribution in [0.1, 0.15) is 25.7 Å². The Hall–Kier alpha value is -1.75. The summed E-state index contributed by atoms with van der Waals surface area (Å²) in [7, 11) is 0. The topological polar surface area (TPSA) is 72.8 Å². The fourth-order valence-electron chi connectivity index (χ4n) is 1.13. The van der Waals surface area contributed by atoms with Crippen LogP contribution in [0.3, 0.4) is 0 Å². The number of carbonyl (C=O) groups is 2. The van der Waals surface area contributed by atoms with Crippen LogP contribution in [0, 0.1) is 0 Å². The maximum absolute atomic E-state index is 10.9. The summed E-state index contributed by atoms with van der Waals surface area (Å²) in [4.78, 5) is 21.7. The molecule has 0 saturated heterocycles. The van der Waals surface area contributed by atoms with Crippen LogP contribution >= 0.6 is 11.6 Å². The molecule has 0 amide bonds. The Bertz CT molecular complexity index is 427. The number of phenols is 1. The average Bonchev–Trinajstić information content (AvgIpc) is 2.19. The molecule has 0 fully saturated rings. The van der Waals surface area contributed by atoms with Gasteiger partial charge in [0.25, 0.3) is 6.29 Å². The summed E-state index contributed by atoms with van der Waals surface area (Å²) in [6, 6.07) is 4.11. The lowest BCUT2D eigenvalue weighted by molar-refractivity contribution is -0.186. The van der Waals surface area contributed by atoms with Gasteiger partial charge in [0, 0.05) is 19.4 Å². The molecule has 0 aliphatic carbocycles. The van der Waals surface area contributed by atoms with Gasteiger partial charge in [-0.15, -0.1) is 0 Å². The maximum atomic E-state index is 10.9. The van der Waals surface area contributed by atoms with E-state index in [0.717, 1.165) is 0 Å². The third-order valence-corrected chi connectivity index (χ3v) is 2.09. The Kier molecular flexibility index (Phi) is 4.34. The van der Waals surface area contributed by atoms with Gasteiger partial charge < -0.3 is 14.6 Å². The van der Waals surface area contributed by atoms with Crippen molar-refractivity contribution in [2.24, 2.45) is 0 Å². The zero-order chi connectivity index (χ0) is 13.0. The van der Waals surface area contributed by atoms with Crippen molar-refractivity contribution in [2.45, 2.75) is 20.1 Å². The molecule has 0 heterocycles. The molecule has 0 atom stereocenters. The number of phenolic OH excluding ortho intramolecular Hbond substituents is 1. The van der Waals surface area contributed by atoms with Crippen LogP contribution in [0.4, 0.5) is 0 Å². The molecular weight excluding hydrogens is 248 g/mol. The Morgan fingerprint density at radius 3 is 2.18 bits per heavy atom. The van der Waals surface area contributed by atoms with E-state index in [1.165, 1.54) is 32.0 Å². The van der Waals surface area contributed by atoms with Crippen molar-refractivity contribution in [3.05, 3.63) is 28.8 Å². The van der Waals surface area contributed by atoms with E-state index in [1.54, 1.807) is 0 Å². The maximum Gasteiger partial charge on any atom is 0.305 e. The number of carbonyl (C=O) groups excluding carboxylic acids is 2. The number of hydrogen-bond donors (Lipinski definition) is 1. The van der Waals surface area contributed by atoms with Gasteiger partial charge in [-0.05, 0) is 18.2 Å². The van der Waals surface area contributed by atoms with Gasteiger partial charge in [-0.3, -0.25) is 9.59 Å². The molecule has 5 nitrogen and oxygen atoms in total. The van der Waals surface area contributed by atoms with Crippen molar-refractivity contribution >= 4 is 23.5 Å². The Morgan fingerprint density at radius 1 is 1.24 bits per heavy atom. The first-order chi connectivity index (χ1) is 7.90. The number of rotatable bonds is 3. The fraction of sp³-hybridized carbons (Fsp3) is 0.273. The Morgan fingerprint density at radius 2 is 1.76 bits per heavy atom. The smallest absolute Gasteiger partial charge is 0.305 e. The second-order valence-electron chi connectivity index (χ2n) is 3.26. The van der Waals surface area contributed by atoms with E-state index in [-0.39, 0.29) is 10.8 Å². The zero-order valence-electron chi connectivity index (χ0n) is 9.27. The van der Waals surface area contributed by atoms with Gasteiger partial charge in [0.1, 0.15) is 5.75 Å². The van der Waals surface area contributed by atoms with Crippen molar-refractivity contribution in [1.29, 1.82) is 0 Å². The standard InChI is InChI=1S/C11H11ClO5/c1-6(13)16-11(17-7(2)14)8-3-4-10(15)9(12)5-8/h3-5,11,15H,1-2H3. The van der Waals surface area contributed by atoms with Gasteiger partial charge >= 0.3 is 11.9 Å². The number of esters is 2. The van der Waals surface area contributed by atoms with Crippen LogP contribution in [0.2, 0.25) is 5.02 Å². The highest BCUT2D eigenvalue weighted by Crippen LogP contribution is 2.28. The number of aromatic hydroxyl groups is 1. The van der Waals surface area contributed by atoms with E-state index < -0.39 is 18.2 Å². The molecule has 0 saturated carbocycles. The van der Waals surface area contributed by atoms with E-state index in [0.29, 0.717) is 5.56 Å². The van der Waals surface area contributed by atoms with Gasteiger partial charge in [-0.2, -0.15) is 0 Å². The number of benzene rings is 1. The third kappa shape index (κ3) is 3.96. The minimum Gasteiger partial charge on any atom is -0.506 e. The molecule has 0 radical (unpaired) electrons. The van der Waals surface area contributed by atoms with Gasteiger partial charge in [0.05, 0.1) is 5.02 Å². The van der Waals surface area contributed by atoms with Crippen LogP contribution in [0.5, 0.6) is 5.75 Å². The first kappa shape index (κ1) is 13.3. The predicted octanol–water partition coefficient (Wildman–Crippen LogP) is 2.17. The molecule has 17 heavy (non-hydrogen) atoms. The molecule has 1 aromatic rings. The molecule has 0 aliphatic rings. The lowest BCUT2D eigenvalue weighted by Crippen LogP contribution is -2.14. The quantitative estimate of drug-likeness (QED) is 0.664. The molecule has 92 valence electrons. The lowest BCUT2D eigenvalue weighted by Gasteiger charge is -2.17. The van der Waals surface area contributed by atoms with Gasteiger partial charge in [0.15, 0.2) is 0 Å². The van der Waals surface area contributed by atoms with Crippen molar-refractivity contribution < 1.29 is 24.2 Å². The average molecular weight is 259 g/mol. The van der Waals surface area contributed by atoms with E-state index in [2.05, 4.69) is 0 Å². The summed E-state index contributed by atoms with van der Waals surface area (Å²) in [5.74, 6) is -1.30. The number of hydrogen-bond acceptors (Lipinski definition) is 5. The minimum absolute atomic E-state index is 0.0757. The van der Waals surface area contributed by atoms with Crippen LogP contribution in [-0.4, -0.2) is 17.0 Å². The summed E-state index contributed by atoms with van der Waals surface area (Å²) >= 11 is 5.70. The summed E-state index contributed by atoms with van der Waals surface area (Å²) in [6.45, 7) is 2.39. The lowest BCUT2D eigenvalue weighted by atomic mass is 10.2. The molecule has 6 heteroatoms. The Balaban J connectivity index is 2.98. The fourth-order valence-corrected chi connectivity index (χ4v) is 1.32. The third-order valence-electron chi connectivity index (χ3n) is 1.79. The summed E-state index contributed by atoms with van der Waals surface area (Å²) in [5.41, 5.74) is 0.359. The number of ether oxygens (including phenoxy) is 2. The largest absolute Gasteiger partial charge is 0.506 e. The van der Waals surface area contributed by atoms with Crippen molar-refractivity contribution in [3.63, 3.8) is 0 Å². The second-order valence-corrected chi connectivity index (χ2v) is 3.67. The van der Waals surface area contributed by atoms with E-state index >= 15 is 0 Å². The van der Waals surface area contributed by atoms with Crippen LogP contribution in [0.15, 0.2) is 18.2 Å². The summed E-state index contributed by atoms with van der Waals surface area (Å²) in [5, 5.41) is 9.32. The molecule has 0 aromatic heterocycles. The molecule has 0 aliphatic heterocycles. The molecule has 0 spiro atoms. The van der Waals surface area contributed by atoms with Gasteiger partial charge in [-0.1, -0.05) is 11.6 Å². The van der Waals surface area contributed by atoms with Crippen LogP contribution in [-0.2, 0) is 19.1 Å². The van der Waals surface area contributed by atoms with Crippen LogP contribution < -0.4 is 0 Å². The first-order valence-electron chi connectivity index (χ1n) is 4.73. The Labute approximate surface area is 103 Å². The van der Waals surface area contributed by atoms with Crippen molar-refractivity contribution in [2.75, 3.05) is 0 Å². The first-order valence-corrected chi connectivity index (χ1v) is 5.11. The molecule has 1 N–H and O–H groups in total. The highest BCUT2D eigenvalue weighted by atomic mass is 35.5. The van der Waals surface area contributed by atoms with Gasteiger partial charge in [0.2, 0.25) is 0 Å². The minimum atomic E-state index is -1.16. The van der Waals surface area contributed by atoms with E-state index in [4.69, 9.17) is 21.1 Å². The molecular formula is C11H11ClO5. The normalized spacial score (nSPS) is 10.1. The summed E-state index contributed by atoms with van der Waals surface area (Å²) < 4.78 is 9.64. The van der Waals surface area contributed by atoms with Gasteiger partial charge in [-0.25, -0.2) is 0 Å². The van der Waals surface area contributed by atoms with Crippen molar-refractivity contribution in [1.82, 2.24) is 0 Å². The van der Waals surface area contributed by atoms with E-state index in [1.807, 2.05) is 0 Å². The number of halogens is 1. The second kappa shape index (κ2) is 5.54. The zero-order valence-corrected chi connectivity index (χ0v) is 10.0. The molecule has 1 aromatic carbocycles.